The van der Waals surface area contributed by atoms with Gasteiger partial charge in [0.2, 0.25) is 0 Å². The lowest BCUT2D eigenvalue weighted by molar-refractivity contribution is 1.03. The Bertz CT molecular complexity index is 455. The second kappa shape index (κ2) is 4.59. The van der Waals surface area contributed by atoms with E-state index in [1.807, 2.05) is 25.1 Å². The van der Waals surface area contributed by atoms with Crippen LogP contribution in [0.5, 0.6) is 0 Å². The van der Waals surface area contributed by atoms with Gasteiger partial charge in [0.05, 0.1) is 10.9 Å². The summed E-state index contributed by atoms with van der Waals surface area (Å²) >= 11 is 7.40. The Kier molecular flexibility index (Phi) is 3.18. The highest BCUT2D eigenvalue weighted by Gasteiger charge is 1.98. The number of rotatable bonds is 3. The van der Waals surface area contributed by atoms with Crippen molar-refractivity contribution in [1.29, 1.82) is 0 Å². The molecule has 2 rings (SSSR count). The normalized spacial score (nSPS) is 10.3. The van der Waals surface area contributed by atoms with Crippen LogP contribution >= 0.6 is 22.9 Å². The molecule has 2 heterocycles. The molecule has 0 aliphatic carbocycles. The van der Waals surface area contributed by atoms with Gasteiger partial charge in [0.1, 0.15) is 11.6 Å². The van der Waals surface area contributed by atoms with Crippen LogP contribution in [-0.2, 0) is 6.54 Å². The number of halogens is 1. The van der Waals surface area contributed by atoms with Crippen molar-refractivity contribution in [3.63, 3.8) is 0 Å². The van der Waals surface area contributed by atoms with Crippen LogP contribution in [0.25, 0.3) is 0 Å². The maximum Gasteiger partial charge on any atom is 0.129 e. The Balaban J connectivity index is 1.99. The molecule has 0 atom stereocenters. The summed E-state index contributed by atoms with van der Waals surface area (Å²) in [6.07, 6.45) is 1.74. The first-order chi connectivity index (χ1) is 7.24. The minimum absolute atomic E-state index is 0.744. The molecule has 0 aliphatic heterocycles. The standard InChI is InChI=1S/C10H10ClN3S/c1-7-12-5-4-10(14-7)13-6-8-2-3-9(11)15-8/h2-5H,6H2,1H3,(H,12,13,14). The fourth-order valence-electron chi connectivity index (χ4n) is 1.18. The van der Waals surface area contributed by atoms with E-state index in [0.29, 0.717) is 0 Å². The zero-order chi connectivity index (χ0) is 10.7. The SMILES string of the molecule is Cc1nccc(NCc2ccc(Cl)s2)n1. The first-order valence-corrected chi connectivity index (χ1v) is 5.71. The first kappa shape index (κ1) is 10.4. The topological polar surface area (TPSA) is 37.8 Å². The molecule has 2 aromatic heterocycles. The van der Waals surface area contributed by atoms with Crippen molar-refractivity contribution in [3.05, 3.63) is 39.4 Å². The van der Waals surface area contributed by atoms with Crippen LogP contribution < -0.4 is 5.32 Å². The van der Waals surface area contributed by atoms with Gasteiger partial charge in [-0.1, -0.05) is 11.6 Å². The van der Waals surface area contributed by atoms with E-state index in [1.165, 1.54) is 4.88 Å². The number of hydrogen-bond donors (Lipinski definition) is 1. The molecule has 78 valence electrons. The summed E-state index contributed by atoms with van der Waals surface area (Å²) in [6.45, 7) is 2.61. The van der Waals surface area contributed by atoms with Crippen molar-refractivity contribution in [2.75, 3.05) is 5.32 Å². The molecule has 0 saturated carbocycles. The molecular formula is C10H10ClN3S. The lowest BCUT2D eigenvalue weighted by atomic mass is 10.4. The summed E-state index contributed by atoms with van der Waals surface area (Å²) in [7, 11) is 0. The van der Waals surface area contributed by atoms with Crippen molar-refractivity contribution < 1.29 is 0 Å². The van der Waals surface area contributed by atoms with Crippen LogP contribution in [0, 0.1) is 6.92 Å². The summed E-state index contributed by atoms with van der Waals surface area (Å²) < 4.78 is 0.811. The second-order valence-corrected chi connectivity index (χ2v) is 4.85. The first-order valence-electron chi connectivity index (χ1n) is 4.52. The van der Waals surface area contributed by atoms with Gasteiger partial charge < -0.3 is 5.32 Å². The molecule has 0 saturated heterocycles. The number of anilines is 1. The summed E-state index contributed by atoms with van der Waals surface area (Å²) in [5, 5.41) is 3.22. The molecule has 1 N–H and O–H groups in total. The van der Waals surface area contributed by atoms with Gasteiger partial charge in [0.15, 0.2) is 0 Å². The Morgan fingerprint density at radius 2 is 2.27 bits per heavy atom. The minimum Gasteiger partial charge on any atom is -0.365 e. The highest BCUT2D eigenvalue weighted by molar-refractivity contribution is 7.16. The van der Waals surface area contributed by atoms with E-state index in [1.54, 1.807) is 17.5 Å². The smallest absolute Gasteiger partial charge is 0.129 e. The fraction of sp³-hybridized carbons (Fsp3) is 0.200. The van der Waals surface area contributed by atoms with Crippen molar-refractivity contribution in [2.45, 2.75) is 13.5 Å². The molecule has 0 fully saturated rings. The van der Waals surface area contributed by atoms with E-state index in [2.05, 4.69) is 15.3 Å². The molecule has 0 aromatic carbocycles. The number of aromatic nitrogens is 2. The Labute approximate surface area is 97.2 Å². The molecule has 0 spiro atoms. The molecule has 2 aromatic rings. The highest BCUT2D eigenvalue weighted by atomic mass is 35.5. The average Bonchev–Trinajstić information content (AvgIpc) is 2.62. The molecule has 0 unspecified atom stereocenters. The molecule has 0 radical (unpaired) electrons. The number of hydrogen-bond acceptors (Lipinski definition) is 4. The van der Waals surface area contributed by atoms with Gasteiger partial charge in [-0.25, -0.2) is 9.97 Å². The monoisotopic (exact) mass is 239 g/mol. The zero-order valence-electron chi connectivity index (χ0n) is 8.20. The van der Waals surface area contributed by atoms with Gasteiger partial charge in [-0.15, -0.1) is 11.3 Å². The van der Waals surface area contributed by atoms with Crippen LogP contribution in [0.2, 0.25) is 4.34 Å². The summed E-state index contributed by atoms with van der Waals surface area (Å²) in [5.41, 5.74) is 0. The maximum absolute atomic E-state index is 5.83. The maximum atomic E-state index is 5.83. The summed E-state index contributed by atoms with van der Waals surface area (Å²) in [4.78, 5) is 9.46. The predicted octanol–water partition coefficient (Wildman–Crippen LogP) is 3.11. The van der Waals surface area contributed by atoms with Crippen molar-refractivity contribution in [1.82, 2.24) is 9.97 Å². The number of nitrogens with one attached hydrogen (secondary N) is 1. The van der Waals surface area contributed by atoms with Crippen LogP contribution in [0.3, 0.4) is 0 Å². The predicted molar refractivity (Wildman–Crippen MR) is 63.4 cm³/mol. The van der Waals surface area contributed by atoms with E-state index in [0.717, 1.165) is 22.5 Å². The van der Waals surface area contributed by atoms with E-state index in [4.69, 9.17) is 11.6 Å². The van der Waals surface area contributed by atoms with Crippen molar-refractivity contribution in [2.24, 2.45) is 0 Å². The van der Waals surface area contributed by atoms with Crippen LogP contribution in [-0.4, -0.2) is 9.97 Å². The van der Waals surface area contributed by atoms with Gasteiger partial charge in [-0.2, -0.15) is 0 Å². The zero-order valence-corrected chi connectivity index (χ0v) is 9.77. The number of nitrogens with zero attached hydrogens (tertiary/aromatic N) is 2. The quantitative estimate of drug-likeness (QED) is 0.895. The number of thiophene rings is 1. The van der Waals surface area contributed by atoms with E-state index >= 15 is 0 Å². The molecule has 0 bridgehead atoms. The van der Waals surface area contributed by atoms with Gasteiger partial charge in [0, 0.05) is 11.1 Å². The summed E-state index contributed by atoms with van der Waals surface area (Å²) in [5.74, 6) is 1.61. The minimum atomic E-state index is 0.744. The van der Waals surface area contributed by atoms with E-state index < -0.39 is 0 Å². The average molecular weight is 240 g/mol. The van der Waals surface area contributed by atoms with Crippen molar-refractivity contribution in [3.8, 4) is 0 Å². The van der Waals surface area contributed by atoms with E-state index in [9.17, 15) is 0 Å². The third-order valence-electron chi connectivity index (χ3n) is 1.85. The number of aryl methyl sites for hydroxylation is 1. The Morgan fingerprint density at radius 1 is 1.40 bits per heavy atom. The Hall–Kier alpha value is -1.13. The molecule has 5 heteroatoms. The van der Waals surface area contributed by atoms with Gasteiger partial charge in [-0.05, 0) is 25.1 Å². The van der Waals surface area contributed by atoms with Gasteiger partial charge in [0.25, 0.3) is 0 Å². The molecule has 15 heavy (non-hydrogen) atoms. The fourth-order valence-corrected chi connectivity index (χ4v) is 2.21. The highest BCUT2D eigenvalue weighted by Crippen LogP contribution is 2.21. The second-order valence-electron chi connectivity index (χ2n) is 3.05. The van der Waals surface area contributed by atoms with Gasteiger partial charge >= 0.3 is 0 Å². The largest absolute Gasteiger partial charge is 0.365 e. The molecule has 0 aliphatic rings. The molecule has 0 amide bonds. The van der Waals surface area contributed by atoms with Crippen LogP contribution in [0.15, 0.2) is 24.4 Å². The lowest BCUT2D eigenvalue weighted by Crippen LogP contribution is -2.01. The van der Waals surface area contributed by atoms with Gasteiger partial charge in [-0.3, -0.25) is 0 Å². The molecule has 3 nitrogen and oxygen atoms in total. The van der Waals surface area contributed by atoms with E-state index in [-0.39, 0.29) is 0 Å². The van der Waals surface area contributed by atoms with Crippen LogP contribution in [0.1, 0.15) is 10.7 Å². The van der Waals surface area contributed by atoms with Crippen LogP contribution in [0.4, 0.5) is 5.82 Å². The van der Waals surface area contributed by atoms with Crippen molar-refractivity contribution >= 4 is 28.8 Å². The third kappa shape index (κ3) is 2.91. The molecular weight excluding hydrogens is 230 g/mol. The lowest BCUT2D eigenvalue weighted by Gasteiger charge is -2.03. The Morgan fingerprint density at radius 3 is 2.93 bits per heavy atom. The third-order valence-corrected chi connectivity index (χ3v) is 3.08. The summed E-state index contributed by atoms with van der Waals surface area (Å²) in [6, 6.07) is 5.75.